The van der Waals surface area contributed by atoms with Crippen molar-refractivity contribution in [3.63, 3.8) is 0 Å². The Labute approximate surface area is 142 Å². The highest BCUT2D eigenvalue weighted by molar-refractivity contribution is 6.34. The van der Waals surface area contributed by atoms with Gasteiger partial charge in [0.25, 0.3) is 0 Å². The molecule has 23 heavy (non-hydrogen) atoms. The molecule has 0 atom stereocenters. The molecule has 0 saturated heterocycles. The number of pyridine rings is 1. The van der Waals surface area contributed by atoms with Gasteiger partial charge in [-0.1, -0.05) is 35.3 Å². The summed E-state index contributed by atoms with van der Waals surface area (Å²) in [4.78, 5) is 15.9. The molecule has 0 aliphatic carbocycles. The quantitative estimate of drug-likeness (QED) is 0.530. The summed E-state index contributed by atoms with van der Waals surface area (Å²) in [5, 5.41) is 4.53. The van der Waals surface area contributed by atoms with Crippen LogP contribution in [0.15, 0.2) is 54.9 Å². The predicted octanol–water partition coefficient (Wildman–Crippen LogP) is 3.93. The average Bonchev–Trinajstić information content (AvgIpc) is 3.10. The minimum Gasteiger partial charge on any atom is -0.456 e. The molecule has 0 bridgehead atoms. The molecule has 0 saturated carbocycles. The van der Waals surface area contributed by atoms with Crippen molar-refractivity contribution >= 4 is 29.2 Å². The lowest BCUT2D eigenvalue weighted by atomic mass is 10.2. The maximum atomic E-state index is 12.0. The van der Waals surface area contributed by atoms with E-state index in [2.05, 4.69) is 10.1 Å². The standard InChI is InChI=1S/C16H11Cl2N3O2/c17-13-6-7-14(18)20-15(13)16(22)23-10-11-2-4-12(5-3-11)21-9-1-8-19-21/h1-9H,10H2. The van der Waals surface area contributed by atoms with Crippen LogP contribution in [0.25, 0.3) is 5.69 Å². The van der Waals surface area contributed by atoms with Crippen LogP contribution in [-0.2, 0) is 11.3 Å². The molecule has 3 rings (SSSR count). The van der Waals surface area contributed by atoms with E-state index in [1.807, 2.05) is 36.5 Å². The van der Waals surface area contributed by atoms with E-state index in [4.69, 9.17) is 27.9 Å². The Morgan fingerprint density at radius 1 is 1.13 bits per heavy atom. The number of ether oxygens (including phenoxy) is 1. The fourth-order valence-corrected chi connectivity index (χ4v) is 2.28. The molecule has 0 radical (unpaired) electrons. The third kappa shape index (κ3) is 3.70. The summed E-state index contributed by atoms with van der Waals surface area (Å²) in [7, 11) is 0. The molecular weight excluding hydrogens is 337 g/mol. The highest BCUT2D eigenvalue weighted by atomic mass is 35.5. The van der Waals surface area contributed by atoms with Crippen molar-refractivity contribution in [2.24, 2.45) is 0 Å². The molecule has 0 amide bonds. The summed E-state index contributed by atoms with van der Waals surface area (Å²) in [6, 6.07) is 12.4. The number of esters is 1. The number of carbonyl (C=O) groups is 1. The number of benzene rings is 1. The molecule has 116 valence electrons. The minimum absolute atomic E-state index is 0.00679. The molecule has 3 aromatic rings. The predicted molar refractivity (Wildman–Crippen MR) is 86.9 cm³/mol. The first-order chi connectivity index (χ1) is 11.1. The summed E-state index contributed by atoms with van der Waals surface area (Å²) in [5.41, 5.74) is 1.77. The van der Waals surface area contributed by atoms with Gasteiger partial charge in [-0.3, -0.25) is 0 Å². The molecule has 5 nitrogen and oxygen atoms in total. The zero-order valence-corrected chi connectivity index (χ0v) is 13.3. The molecular formula is C16H11Cl2N3O2. The van der Waals surface area contributed by atoms with E-state index in [9.17, 15) is 4.79 Å². The molecule has 2 aromatic heterocycles. The Kier molecular flexibility index (Phi) is 4.60. The van der Waals surface area contributed by atoms with Gasteiger partial charge in [-0.25, -0.2) is 14.5 Å². The van der Waals surface area contributed by atoms with Crippen molar-refractivity contribution in [1.82, 2.24) is 14.8 Å². The van der Waals surface area contributed by atoms with Gasteiger partial charge >= 0.3 is 5.97 Å². The lowest BCUT2D eigenvalue weighted by molar-refractivity contribution is 0.0466. The van der Waals surface area contributed by atoms with Crippen molar-refractivity contribution in [2.75, 3.05) is 0 Å². The lowest BCUT2D eigenvalue weighted by Gasteiger charge is -2.07. The first-order valence-electron chi connectivity index (χ1n) is 6.71. The summed E-state index contributed by atoms with van der Waals surface area (Å²) in [6.07, 6.45) is 3.55. The number of rotatable bonds is 4. The molecule has 0 spiro atoms. The minimum atomic E-state index is -0.617. The van der Waals surface area contributed by atoms with E-state index in [1.54, 1.807) is 10.9 Å². The highest BCUT2D eigenvalue weighted by Crippen LogP contribution is 2.18. The van der Waals surface area contributed by atoms with Crippen molar-refractivity contribution < 1.29 is 9.53 Å². The van der Waals surface area contributed by atoms with Gasteiger partial charge in [0.2, 0.25) is 0 Å². The fourth-order valence-electron chi connectivity index (χ4n) is 1.95. The SMILES string of the molecule is O=C(OCc1ccc(-n2cccn2)cc1)c1nc(Cl)ccc1Cl. The van der Waals surface area contributed by atoms with Crippen molar-refractivity contribution in [1.29, 1.82) is 0 Å². The summed E-state index contributed by atoms with van der Waals surface area (Å²) >= 11 is 11.7. The van der Waals surface area contributed by atoms with E-state index in [-0.39, 0.29) is 22.5 Å². The normalized spacial score (nSPS) is 10.5. The average molecular weight is 348 g/mol. The van der Waals surface area contributed by atoms with Crippen molar-refractivity contribution in [3.05, 3.63) is 76.3 Å². The Morgan fingerprint density at radius 3 is 2.61 bits per heavy atom. The van der Waals surface area contributed by atoms with E-state index in [0.717, 1.165) is 11.3 Å². The highest BCUT2D eigenvalue weighted by Gasteiger charge is 2.14. The number of halogens is 2. The third-order valence-electron chi connectivity index (χ3n) is 3.08. The van der Waals surface area contributed by atoms with Crippen LogP contribution < -0.4 is 0 Å². The van der Waals surface area contributed by atoms with E-state index in [0.29, 0.717) is 0 Å². The monoisotopic (exact) mass is 347 g/mol. The van der Waals surface area contributed by atoms with E-state index in [1.165, 1.54) is 12.1 Å². The third-order valence-corrected chi connectivity index (χ3v) is 3.60. The zero-order valence-electron chi connectivity index (χ0n) is 11.8. The Hall–Kier alpha value is -2.37. The van der Waals surface area contributed by atoms with Crippen molar-refractivity contribution in [2.45, 2.75) is 6.61 Å². The van der Waals surface area contributed by atoms with Crippen LogP contribution in [0.3, 0.4) is 0 Å². The van der Waals surface area contributed by atoms with Crippen LogP contribution in [0.1, 0.15) is 16.1 Å². The second kappa shape index (κ2) is 6.81. The number of hydrogen-bond acceptors (Lipinski definition) is 4. The van der Waals surface area contributed by atoms with Gasteiger partial charge in [-0.15, -0.1) is 0 Å². The smallest absolute Gasteiger partial charge is 0.358 e. The molecule has 7 heteroatoms. The van der Waals surface area contributed by atoms with E-state index < -0.39 is 5.97 Å². The van der Waals surface area contributed by atoms with Gasteiger partial charge in [0.1, 0.15) is 11.8 Å². The maximum absolute atomic E-state index is 12.0. The van der Waals surface area contributed by atoms with Gasteiger partial charge in [-0.2, -0.15) is 5.10 Å². The first kappa shape index (κ1) is 15.5. The van der Waals surface area contributed by atoms with Crippen LogP contribution in [0.4, 0.5) is 0 Å². The van der Waals surface area contributed by atoms with Crippen LogP contribution in [0, 0.1) is 0 Å². The number of nitrogens with zero attached hydrogens (tertiary/aromatic N) is 3. The topological polar surface area (TPSA) is 57.0 Å². The van der Waals surface area contributed by atoms with E-state index >= 15 is 0 Å². The van der Waals surface area contributed by atoms with Gasteiger partial charge in [-0.05, 0) is 35.9 Å². The molecule has 0 unspecified atom stereocenters. The molecule has 0 N–H and O–H groups in total. The van der Waals surface area contributed by atoms with Crippen molar-refractivity contribution in [3.8, 4) is 5.69 Å². The lowest BCUT2D eigenvalue weighted by Crippen LogP contribution is -2.08. The summed E-state index contributed by atoms with van der Waals surface area (Å²) < 4.78 is 6.96. The van der Waals surface area contributed by atoms with Gasteiger partial charge < -0.3 is 4.74 Å². The number of hydrogen-bond donors (Lipinski definition) is 0. The summed E-state index contributed by atoms with van der Waals surface area (Å²) in [5.74, 6) is -0.617. The number of carbonyl (C=O) groups excluding carboxylic acids is 1. The Bertz CT molecular complexity index is 818. The van der Waals surface area contributed by atoms with Gasteiger partial charge in [0.05, 0.1) is 10.7 Å². The zero-order chi connectivity index (χ0) is 16.2. The van der Waals surface area contributed by atoms with Crippen LogP contribution in [-0.4, -0.2) is 20.7 Å². The number of aromatic nitrogens is 3. The molecule has 0 fully saturated rings. The van der Waals surface area contributed by atoms with Gasteiger partial charge in [0.15, 0.2) is 5.69 Å². The molecule has 0 aliphatic rings. The second-order valence-electron chi connectivity index (χ2n) is 4.66. The molecule has 2 heterocycles. The maximum Gasteiger partial charge on any atom is 0.358 e. The summed E-state index contributed by atoms with van der Waals surface area (Å²) in [6.45, 7) is 0.114. The van der Waals surface area contributed by atoms with Crippen LogP contribution in [0.5, 0.6) is 0 Å². The molecule has 1 aromatic carbocycles. The van der Waals surface area contributed by atoms with Gasteiger partial charge in [0, 0.05) is 12.4 Å². The Balaban J connectivity index is 1.66. The van der Waals surface area contributed by atoms with Crippen LogP contribution in [0.2, 0.25) is 10.2 Å². The first-order valence-corrected chi connectivity index (χ1v) is 7.47. The Morgan fingerprint density at radius 2 is 1.91 bits per heavy atom. The van der Waals surface area contributed by atoms with Crippen LogP contribution >= 0.6 is 23.2 Å². The second-order valence-corrected chi connectivity index (χ2v) is 5.45. The largest absolute Gasteiger partial charge is 0.456 e. The fraction of sp³-hybridized carbons (Fsp3) is 0.0625. The molecule has 0 aliphatic heterocycles.